The minimum Gasteiger partial charge on any atom is -0.468 e. The number of nitrogens with one attached hydrogen (secondary N) is 1. The highest BCUT2D eigenvalue weighted by Gasteiger charge is 2.27. The van der Waals surface area contributed by atoms with Gasteiger partial charge in [0.1, 0.15) is 6.04 Å². The van der Waals surface area contributed by atoms with Gasteiger partial charge >= 0.3 is 5.97 Å². The molecule has 1 aromatic rings. The van der Waals surface area contributed by atoms with Crippen molar-refractivity contribution in [3.63, 3.8) is 0 Å². The number of esters is 1. The second kappa shape index (κ2) is 7.26. The maximum Gasteiger partial charge on any atom is 0.323 e. The summed E-state index contributed by atoms with van der Waals surface area (Å²) in [5.74, 6) is -0.113. The van der Waals surface area contributed by atoms with Crippen LogP contribution in [0.15, 0.2) is 30.3 Å². The Hall–Kier alpha value is -1.39. The van der Waals surface area contributed by atoms with Gasteiger partial charge in [0.25, 0.3) is 0 Å². The summed E-state index contributed by atoms with van der Waals surface area (Å²) >= 11 is 0. The van der Waals surface area contributed by atoms with E-state index in [0.717, 1.165) is 39.0 Å². The number of methoxy groups -OCH3 is 1. The molecule has 0 saturated carbocycles. The Balaban J connectivity index is 1.95. The summed E-state index contributed by atoms with van der Waals surface area (Å²) in [4.78, 5) is 14.2. The SMILES string of the molecule is COC(=O)C(CCc1ccccc1)N1CCNCC1. The van der Waals surface area contributed by atoms with E-state index >= 15 is 0 Å². The molecule has 0 aliphatic carbocycles. The Labute approximate surface area is 114 Å². The van der Waals surface area contributed by atoms with Crippen molar-refractivity contribution in [3.8, 4) is 0 Å². The van der Waals surface area contributed by atoms with Gasteiger partial charge in [-0.15, -0.1) is 0 Å². The van der Waals surface area contributed by atoms with Crippen molar-refractivity contribution in [2.24, 2.45) is 0 Å². The quantitative estimate of drug-likeness (QED) is 0.806. The molecular weight excluding hydrogens is 240 g/mol. The largest absolute Gasteiger partial charge is 0.468 e. The molecule has 4 heteroatoms. The van der Waals surface area contributed by atoms with Crippen molar-refractivity contribution >= 4 is 5.97 Å². The van der Waals surface area contributed by atoms with Crippen LogP contribution in [0.5, 0.6) is 0 Å². The van der Waals surface area contributed by atoms with Crippen LogP contribution in [0.1, 0.15) is 12.0 Å². The second-order valence-electron chi connectivity index (χ2n) is 4.85. The molecule has 1 aliphatic heterocycles. The molecule has 1 fully saturated rings. The maximum absolute atomic E-state index is 11.9. The fourth-order valence-corrected chi connectivity index (χ4v) is 2.53. The van der Waals surface area contributed by atoms with E-state index in [1.165, 1.54) is 12.7 Å². The van der Waals surface area contributed by atoms with Gasteiger partial charge in [-0.2, -0.15) is 0 Å². The normalized spacial score (nSPS) is 17.9. The molecule has 0 amide bonds. The van der Waals surface area contributed by atoms with Crippen molar-refractivity contribution < 1.29 is 9.53 Å². The van der Waals surface area contributed by atoms with Crippen LogP contribution in [0, 0.1) is 0 Å². The highest BCUT2D eigenvalue weighted by molar-refractivity contribution is 5.75. The Kier molecular flexibility index (Phi) is 5.36. The van der Waals surface area contributed by atoms with Crippen LogP contribution >= 0.6 is 0 Å². The van der Waals surface area contributed by atoms with E-state index in [1.54, 1.807) is 0 Å². The lowest BCUT2D eigenvalue weighted by atomic mass is 10.0. The molecular formula is C15H22N2O2. The first-order valence-corrected chi connectivity index (χ1v) is 6.88. The van der Waals surface area contributed by atoms with Crippen molar-refractivity contribution in [2.75, 3.05) is 33.3 Å². The van der Waals surface area contributed by atoms with Crippen LogP contribution in [0.2, 0.25) is 0 Å². The molecule has 1 aliphatic rings. The van der Waals surface area contributed by atoms with Gasteiger partial charge in [-0.3, -0.25) is 9.69 Å². The van der Waals surface area contributed by atoms with Gasteiger partial charge in [-0.05, 0) is 18.4 Å². The number of carbonyl (C=O) groups is 1. The monoisotopic (exact) mass is 262 g/mol. The van der Waals surface area contributed by atoms with Crippen LogP contribution in [-0.4, -0.2) is 50.2 Å². The van der Waals surface area contributed by atoms with Gasteiger partial charge in [0.2, 0.25) is 0 Å². The maximum atomic E-state index is 11.9. The van der Waals surface area contributed by atoms with E-state index in [9.17, 15) is 4.79 Å². The second-order valence-corrected chi connectivity index (χ2v) is 4.85. The zero-order chi connectivity index (χ0) is 13.5. The third kappa shape index (κ3) is 4.04. The molecule has 104 valence electrons. The standard InChI is InChI=1S/C15H22N2O2/c1-19-15(18)14(17-11-9-16-10-12-17)8-7-13-5-3-2-4-6-13/h2-6,14,16H,7-12H2,1H3. The first-order chi connectivity index (χ1) is 9.31. The minimum absolute atomic E-state index is 0.113. The zero-order valence-electron chi connectivity index (χ0n) is 11.5. The van der Waals surface area contributed by atoms with E-state index in [0.29, 0.717) is 0 Å². The number of hydrogen-bond acceptors (Lipinski definition) is 4. The van der Waals surface area contributed by atoms with Crippen LogP contribution in [0.3, 0.4) is 0 Å². The van der Waals surface area contributed by atoms with E-state index in [1.807, 2.05) is 18.2 Å². The lowest BCUT2D eigenvalue weighted by Gasteiger charge is -2.33. The fourth-order valence-electron chi connectivity index (χ4n) is 2.53. The number of ether oxygens (including phenoxy) is 1. The van der Waals surface area contributed by atoms with Gasteiger partial charge in [0.15, 0.2) is 0 Å². The Morgan fingerprint density at radius 3 is 2.63 bits per heavy atom. The summed E-state index contributed by atoms with van der Waals surface area (Å²) in [6, 6.07) is 10.2. The first kappa shape index (κ1) is 14.0. The summed E-state index contributed by atoms with van der Waals surface area (Å²) in [5, 5.41) is 3.31. The van der Waals surface area contributed by atoms with Crippen LogP contribution in [-0.2, 0) is 16.0 Å². The van der Waals surface area contributed by atoms with Crippen molar-refractivity contribution in [2.45, 2.75) is 18.9 Å². The molecule has 1 heterocycles. The van der Waals surface area contributed by atoms with E-state index in [4.69, 9.17) is 4.74 Å². The fraction of sp³-hybridized carbons (Fsp3) is 0.533. The van der Waals surface area contributed by atoms with E-state index < -0.39 is 0 Å². The van der Waals surface area contributed by atoms with Gasteiger partial charge in [-0.25, -0.2) is 0 Å². The van der Waals surface area contributed by atoms with E-state index in [2.05, 4.69) is 22.3 Å². The topological polar surface area (TPSA) is 41.6 Å². The van der Waals surface area contributed by atoms with Gasteiger partial charge in [0.05, 0.1) is 7.11 Å². The zero-order valence-corrected chi connectivity index (χ0v) is 11.5. The molecule has 4 nitrogen and oxygen atoms in total. The van der Waals surface area contributed by atoms with Crippen LogP contribution in [0.25, 0.3) is 0 Å². The predicted octanol–water partition coefficient (Wildman–Crippen LogP) is 1.07. The lowest BCUT2D eigenvalue weighted by Crippen LogP contribution is -2.51. The first-order valence-electron chi connectivity index (χ1n) is 6.88. The molecule has 1 unspecified atom stereocenters. The summed E-state index contributed by atoms with van der Waals surface area (Å²) in [6.07, 6.45) is 1.72. The number of rotatable bonds is 5. The molecule has 2 rings (SSSR count). The summed E-state index contributed by atoms with van der Waals surface area (Å²) in [5.41, 5.74) is 1.27. The highest BCUT2D eigenvalue weighted by atomic mass is 16.5. The number of piperazine rings is 1. The molecule has 1 N–H and O–H groups in total. The molecule has 1 atom stereocenters. The Morgan fingerprint density at radius 2 is 2.00 bits per heavy atom. The van der Waals surface area contributed by atoms with Gasteiger partial charge < -0.3 is 10.1 Å². The van der Waals surface area contributed by atoms with Gasteiger partial charge in [-0.1, -0.05) is 30.3 Å². The molecule has 1 aromatic carbocycles. The molecule has 19 heavy (non-hydrogen) atoms. The lowest BCUT2D eigenvalue weighted by molar-refractivity contribution is -0.147. The Morgan fingerprint density at radius 1 is 1.32 bits per heavy atom. The molecule has 0 radical (unpaired) electrons. The number of benzene rings is 1. The smallest absolute Gasteiger partial charge is 0.323 e. The van der Waals surface area contributed by atoms with Crippen molar-refractivity contribution in [1.82, 2.24) is 10.2 Å². The predicted molar refractivity (Wildman–Crippen MR) is 75.0 cm³/mol. The average Bonchev–Trinajstić information content (AvgIpc) is 2.49. The minimum atomic E-state index is -0.118. The highest BCUT2D eigenvalue weighted by Crippen LogP contribution is 2.12. The summed E-state index contributed by atoms with van der Waals surface area (Å²) in [7, 11) is 1.47. The number of aryl methyl sites for hydroxylation is 1. The number of hydrogen-bond donors (Lipinski definition) is 1. The third-order valence-corrected chi connectivity index (χ3v) is 3.61. The summed E-state index contributed by atoms with van der Waals surface area (Å²) in [6.45, 7) is 3.71. The number of nitrogens with zero attached hydrogens (tertiary/aromatic N) is 1. The van der Waals surface area contributed by atoms with Crippen molar-refractivity contribution in [3.05, 3.63) is 35.9 Å². The molecule has 0 spiro atoms. The van der Waals surface area contributed by atoms with E-state index in [-0.39, 0.29) is 12.0 Å². The molecule has 1 saturated heterocycles. The van der Waals surface area contributed by atoms with Crippen LogP contribution in [0.4, 0.5) is 0 Å². The third-order valence-electron chi connectivity index (χ3n) is 3.61. The van der Waals surface area contributed by atoms with Crippen LogP contribution < -0.4 is 5.32 Å². The van der Waals surface area contributed by atoms with Gasteiger partial charge in [0, 0.05) is 26.2 Å². The molecule has 0 aromatic heterocycles. The average molecular weight is 262 g/mol. The molecule has 0 bridgehead atoms. The number of carbonyl (C=O) groups excluding carboxylic acids is 1. The Bertz CT molecular complexity index is 388. The summed E-state index contributed by atoms with van der Waals surface area (Å²) < 4.78 is 4.95. The van der Waals surface area contributed by atoms with Crippen molar-refractivity contribution in [1.29, 1.82) is 0 Å².